The Hall–Kier alpha value is -2.12. The molecule has 32 heavy (non-hydrogen) atoms. The largest absolute Gasteiger partial charge is 0.384 e. The van der Waals surface area contributed by atoms with Crippen LogP contribution in [0.4, 0.5) is 11.4 Å². The topological polar surface area (TPSA) is 64.1 Å². The van der Waals surface area contributed by atoms with Gasteiger partial charge in [-0.1, -0.05) is 23.7 Å². The van der Waals surface area contributed by atoms with Gasteiger partial charge in [-0.3, -0.25) is 4.99 Å². The molecule has 172 valence electrons. The minimum absolute atomic E-state index is 0.254. The van der Waals surface area contributed by atoms with Crippen molar-refractivity contribution in [1.82, 2.24) is 0 Å². The summed E-state index contributed by atoms with van der Waals surface area (Å²) in [6, 6.07) is 12.4. The van der Waals surface area contributed by atoms with Crippen LogP contribution in [0.15, 0.2) is 41.4 Å². The number of fused-ring (bicyclic) bond motifs is 1. The van der Waals surface area contributed by atoms with Crippen LogP contribution in [0.1, 0.15) is 29.5 Å². The van der Waals surface area contributed by atoms with Gasteiger partial charge >= 0.3 is 0 Å². The van der Waals surface area contributed by atoms with Crippen molar-refractivity contribution in [2.75, 3.05) is 51.3 Å². The maximum absolute atomic E-state index is 6.17. The summed E-state index contributed by atoms with van der Waals surface area (Å²) in [5.74, 6) is 0.968. The van der Waals surface area contributed by atoms with E-state index in [4.69, 9.17) is 30.8 Å². The highest BCUT2D eigenvalue weighted by Gasteiger charge is 2.41. The number of aliphatic imine (C=N–C) groups is 1. The number of methoxy groups -OCH3 is 2. The molecule has 2 aliphatic heterocycles. The fourth-order valence-electron chi connectivity index (χ4n) is 4.43. The number of ether oxygens (including phenoxy) is 3. The molecule has 0 unspecified atom stereocenters. The van der Waals surface area contributed by atoms with Crippen LogP contribution in [-0.4, -0.2) is 52.0 Å². The third kappa shape index (κ3) is 5.26. The van der Waals surface area contributed by atoms with E-state index in [0.717, 1.165) is 53.5 Å². The number of halogens is 1. The minimum atomic E-state index is -0.254. The zero-order valence-corrected chi connectivity index (χ0v) is 19.6. The number of rotatable bonds is 8. The van der Waals surface area contributed by atoms with Crippen molar-refractivity contribution >= 4 is 28.8 Å². The van der Waals surface area contributed by atoms with Crippen molar-refractivity contribution in [1.29, 1.82) is 0 Å². The molecule has 0 bridgehead atoms. The number of anilines is 2. The molecule has 0 aromatic heterocycles. The lowest BCUT2D eigenvalue weighted by Crippen LogP contribution is -2.55. The molecule has 2 aromatic rings. The molecule has 1 fully saturated rings. The summed E-state index contributed by atoms with van der Waals surface area (Å²) in [5.41, 5.74) is 5.57. The predicted octanol–water partition coefficient (Wildman–Crippen LogP) is 4.70. The van der Waals surface area contributed by atoms with E-state index < -0.39 is 0 Å². The number of nitrogens with zero attached hydrogens (tertiary/aromatic N) is 1. The van der Waals surface area contributed by atoms with Crippen LogP contribution in [0.25, 0.3) is 0 Å². The third-order valence-corrected chi connectivity index (χ3v) is 6.46. The van der Waals surface area contributed by atoms with Crippen LogP contribution in [0.5, 0.6) is 0 Å². The Morgan fingerprint density at radius 1 is 1.00 bits per heavy atom. The summed E-state index contributed by atoms with van der Waals surface area (Å²) in [6.45, 7) is 3.37. The van der Waals surface area contributed by atoms with Crippen molar-refractivity contribution in [2.24, 2.45) is 4.99 Å². The molecule has 2 aliphatic rings. The number of nitrogens with one attached hydrogen (secondary N) is 2. The predicted molar refractivity (Wildman–Crippen MR) is 130 cm³/mol. The van der Waals surface area contributed by atoms with E-state index >= 15 is 0 Å². The number of benzene rings is 2. The summed E-state index contributed by atoms with van der Waals surface area (Å²) in [7, 11) is 3.48. The molecule has 1 spiro atoms. The van der Waals surface area contributed by atoms with E-state index in [0.29, 0.717) is 33.0 Å². The standard InChI is InChI=1S/C25H32ClN3O3/c1-30-10-6-19-15-22-23(16-20(19)7-11-31-2)29-25(8-12-32-13-9-25)24(28-22)27-17-18-4-3-5-21(26)14-18/h3-5,14-16,29H,6-13,17H2,1-2H3,(H,27,28). The van der Waals surface area contributed by atoms with Gasteiger partial charge in [0, 0.05) is 45.3 Å². The quantitative estimate of drug-likeness (QED) is 0.601. The molecule has 2 aromatic carbocycles. The summed E-state index contributed by atoms with van der Waals surface area (Å²) in [6.07, 6.45) is 3.47. The van der Waals surface area contributed by atoms with Crippen molar-refractivity contribution < 1.29 is 14.2 Å². The zero-order chi connectivity index (χ0) is 22.4. The normalized spacial score (nSPS) is 18.3. The van der Waals surface area contributed by atoms with E-state index in [1.165, 1.54) is 11.1 Å². The second-order valence-corrected chi connectivity index (χ2v) is 8.83. The SMILES string of the molecule is COCCc1cc2c(cc1CCOC)NC1(CCOCC1)C(=NCc1cccc(Cl)c1)N2. The summed E-state index contributed by atoms with van der Waals surface area (Å²) >= 11 is 6.17. The van der Waals surface area contributed by atoms with Gasteiger partial charge in [-0.25, -0.2) is 0 Å². The molecule has 0 atom stereocenters. The summed E-state index contributed by atoms with van der Waals surface area (Å²) in [5, 5.41) is 8.24. The van der Waals surface area contributed by atoms with Gasteiger partial charge in [-0.2, -0.15) is 0 Å². The molecule has 0 saturated carbocycles. The monoisotopic (exact) mass is 457 g/mol. The smallest absolute Gasteiger partial charge is 0.127 e. The average molecular weight is 458 g/mol. The van der Waals surface area contributed by atoms with E-state index in [1.807, 2.05) is 18.2 Å². The van der Waals surface area contributed by atoms with E-state index in [2.05, 4.69) is 28.8 Å². The fraction of sp³-hybridized carbons (Fsp3) is 0.480. The van der Waals surface area contributed by atoms with Crippen molar-refractivity contribution in [3.05, 3.63) is 58.1 Å². The molecule has 0 amide bonds. The van der Waals surface area contributed by atoms with Crippen LogP contribution >= 0.6 is 11.6 Å². The first kappa shape index (κ1) is 23.1. The van der Waals surface area contributed by atoms with Crippen LogP contribution < -0.4 is 10.6 Å². The van der Waals surface area contributed by atoms with Gasteiger partial charge in [0.25, 0.3) is 0 Å². The molecule has 2 heterocycles. The Labute approximate surface area is 195 Å². The lowest BCUT2D eigenvalue weighted by atomic mass is 9.85. The molecule has 7 heteroatoms. The zero-order valence-electron chi connectivity index (χ0n) is 18.9. The fourth-order valence-corrected chi connectivity index (χ4v) is 4.64. The highest BCUT2D eigenvalue weighted by Crippen LogP contribution is 2.38. The van der Waals surface area contributed by atoms with Crippen LogP contribution in [-0.2, 0) is 33.6 Å². The van der Waals surface area contributed by atoms with E-state index in [9.17, 15) is 0 Å². The van der Waals surface area contributed by atoms with Gasteiger partial charge in [-0.05, 0) is 53.8 Å². The molecular weight excluding hydrogens is 426 g/mol. The maximum Gasteiger partial charge on any atom is 0.127 e. The Bertz CT molecular complexity index is 957. The average Bonchev–Trinajstić information content (AvgIpc) is 2.80. The Balaban J connectivity index is 1.67. The third-order valence-electron chi connectivity index (χ3n) is 6.23. The van der Waals surface area contributed by atoms with Crippen LogP contribution in [0.3, 0.4) is 0 Å². The number of hydrogen-bond donors (Lipinski definition) is 2. The van der Waals surface area contributed by atoms with Crippen LogP contribution in [0.2, 0.25) is 5.02 Å². The van der Waals surface area contributed by atoms with Crippen molar-refractivity contribution in [3.63, 3.8) is 0 Å². The second kappa shape index (κ2) is 10.7. The molecule has 0 radical (unpaired) electrons. The van der Waals surface area contributed by atoms with Gasteiger partial charge < -0.3 is 24.8 Å². The number of hydrogen-bond acceptors (Lipinski definition) is 5. The van der Waals surface area contributed by atoms with E-state index in [-0.39, 0.29) is 5.54 Å². The first-order chi connectivity index (χ1) is 15.6. The highest BCUT2D eigenvalue weighted by atomic mass is 35.5. The molecule has 6 nitrogen and oxygen atoms in total. The molecule has 2 N–H and O–H groups in total. The van der Waals surface area contributed by atoms with Gasteiger partial charge in [0.15, 0.2) is 0 Å². The Kier molecular flexibility index (Phi) is 7.68. The highest BCUT2D eigenvalue weighted by molar-refractivity contribution is 6.30. The second-order valence-electron chi connectivity index (χ2n) is 8.39. The minimum Gasteiger partial charge on any atom is -0.384 e. The molecule has 0 aliphatic carbocycles. The first-order valence-electron chi connectivity index (χ1n) is 11.2. The van der Waals surface area contributed by atoms with Gasteiger partial charge in [0.05, 0.1) is 36.7 Å². The van der Waals surface area contributed by atoms with Gasteiger partial charge in [0.1, 0.15) is 5.84 Å². The van der Waals surface area contributed by atoms with Crippen molar-refractivity contribution in [2.45, 2.75) is 37.8 Å². The summed E-state index contributed by atoms with van der Waals surface area (Å²) < 4.78 is 16.4. The van der Waals surface area contributed by atoms with Gasteiger partial charge in [-0.15, -0.1) is 0 Å². The maximum atomic E-state index is 6.17. The lowest BCUT2D eigenvalue weighted by molar-refractivity contribution is 0.0778. The van der Waals surface area contributed by atoms with Crippen LogP contribution in [0, 0.1) is 0 Å². The Morgan fingerprint density at radius 3 is 2.34 bits per heavy atom. The number of amidine groups is 1. The Morgan fingerprint density at radius 2 is 1.69 bits per heavy atom. The summed E-state index contributed by atoms with van der Waals surface area (Å²) in [4.78, 5) is 5.02. The molecule has 4 rings (SSSR count). The lowest BCUT2D eigenvalue weighted by Gasteiger charge is -2.44. The van der Waals surface area contributed by atoms with Crippen molar-refractivity contribution in [3.8, 4) is 0 Å². The van der Waals surface area contributed by atoms with Gasteiger partial charge in [0.2, 0.25) is 0 Å². The first-order valence-corrected chi connectivity index (χ1v) is 11.6. The molecular formula is C25H32ClN3O3. The van der Waals surface area contributed by atoms with E-state index in [1.54, 1.807) is 14.2 Å². The molecule has 1 saturated heterocycles.